The molecule has 0 atom stereocenters. The molecule has 0 aliphatic heterocycles. The third-order valence-electron chi connectivity index (χ3n) is 1.72. The largest absolute Gasteiger partial charge is 0.449 e. The average molecular weight is 192 g/mol. The maximum Gasteiger partial charge on any atom is 0.414 e. The van der Waals surface area contributed by atoms with Crippen molar-refractivity contribution in [2.75, 3.05) is 11.5 Å². The number of anilines is 1. The summed E-state index contributed by atoms with van der Waals surface area (Å²) >= 11 is 0. The Bertz CT molecular complexity index is 285. The minimum Gasteiger partial charge on any atom is -0.449 e. The molecule has 75 valence electrons. The van der Waals surface area contributed by atoms with E-state index in [0.29, 0.717) is 6.61 Å². The monoisotopic (exact) mass is 192 g/mol. The Morgan fingerprint density at radius 2 is 2.07 bits per heavy atom. The number of nitrogens with zero attached hydrogens (tertiary/aromatic N) is 1. The molecule has 0 fully saturated rings. The van der Waals surface area contributed by atoms with Crippen LogP contribution in [0.25, 0.3) is 0 Å². The van der Waals surface area contributed by atoms with E-state index in [9.17, 15) is 4.79 Å². The van der Waals surface area contributed by atoms with Crippen molar-refractivity contribution in [1.82, 2.24) is 0 Å². The zero-order valence-corrected chi connectivity index (χ0v) is 8.27. The van der Waals surface area contributed by atoms with E-state index in [0.717, 1.165) is 12.1 Å². The van der Waals surface area contributed by atoms with Crippen LogP contribution in [0.15, 0.2) is 30.3 Å². The van der Waals surface area contributed by atoms with E-state index in [1.54, 1.807) is 12.1 Å². The molecule has 1 aromatic carbocycles. The summed E-state index contributed by atoms with van der Waals surface area (Å²) < 4.78 is 4.93. The molecule has 0 saturated heterocycles. The van der Waals surface area contributed by atoms with Gasteiger partial charge in [0.15, 0.2) is 0 Å². The van der Waals surface area contributed by atoms with Crippen molar-refractivity contribution >= 4 is 11.8 Å². The first kappa shape index (κ1) is 10.6. The van der Waals surface area contributed by atoms with Crippen LogP contribution in [0.3, 0.4) is 0 Å². The zero-order valence-electron chi connectivity index (χ0n) is 8.27. The molecule has 0 aromatic heterocycles. The maximum absolute atomic E-state index is 11.3. The number of rotatable bonds is 3. The smallest absolute Gasteiger partial charge is 0.414 e. The van der Waals surface area contributed by atoms with Crippen LogP contribution in [0.1, 0.15) is 13.3 Å². The molecule has 0 bridgehead atoms. The highest BCUT2D eigenvalue weighted by Crippen LogP contribution is 2.12. The molecule has 0 heterocycles. The molecular weight excluding hydrogens is 178 g/mol. The third kappa shape index (κ3) is 2.76. The number of benzene rings is 1. The molecule has 0 aliphatic carbocycles. The highest BCUT2D eigenvalue weighted by Gasteiger charge is 2.10. The molecule has 0 spiro atoms. The fourth-order valence-corrected chi connectivity index (χ4v) is 0.981. The van der Waals surface area contributed by atoms with Crippen LogP contribution in [0.4, 0.5) is 10.5 Å². The second kappa shape index (κ2) is 5.27. The summed E-state index contributed by atoms with van der Waals surface area (Å²) in [5.41, 5.74) is 0.730. The molecule has 3 nitrogen and oxygen atoms in total. The summed E-state index contributed by atoms with van der Waals surface area (Å²) in [7, 11) is 3.62. The lowest BCUT2D eigenvalue weighted by atomic mass is 10.3. The van der Waals surface area contributed by atoms with Gasteiger partial charge in [-0.05, 0) is 18.6 Å². The second-order valence-electron chi connectivity index (χ2n) is 2.88. The normalized spacial score (nSPS) is 9.57. The Morgan fingerprint density at radius 3 is 2.64 bits per heavy atom. The van der Waals surface area contributed by atoms with E-state index < -0.39 is 6.09 Å². The summed E-state index contributed by atoms with van der Waals surface area (Å²) in [5, 5.41) is 0. The van der Waals surface area contributed by atoms with Gasteiger partial charge in [0.25, 0.3) is 0 Å². The molecule has 14 heavy (non-hydrogen) atoms. The second-order valence-corrected chi connectivity index (χ2v) is 2.88. The van der Waals surface area contributed by atoms with Gasteiger partial charge in [0, 0.05) is 12.7 Å². The van der Waals surface area contributed by atoms with Crippen molar-refractivity contribution in [3.8, 4) is 0 Å². The quantitative estimate of drug-likeness (QED) is 0.737. The lowest BCUT2D eigenvalue weighted by Gasteiger charge is -2.16. The molecule has 0 aliphatic rings. The Morgan fingerprint density at radius 1 is 1.43 bits per heavy atom. The summed E-state index contributed by atoms with van der Waals surface area (Å²) in [6, 6.07) is 9.19. The molecular formula is C11H14NO2. The number of amides is 1. The number of hydrogen-bond acceptors (Lipinski definition) is 2. The molecule has 3 heteroatoms. The van der Waals surface area contributed by atoms with Crippen LogP contribution in [0.2, 0.25) is 0 Å². The van der Waals surface area contributed by atoms with Gasteiger partial charge in [0.2, 0.25) is 0 Å². The van der Waals surface area contributed by atoms with E-state index >= 15 is 0 Å². The summed E-state index contributed by atoms with van der Waals surface area (Å²) in [5.74, 6) is 0. The minimum atomic E-state index is -0.418. The average Bonchev–Trinajstić information content (AvgIpc) is 2.26. The molecule has 0 unspecified atom stereocenters. The molecule has 0 saturated carbocycles. The van der Waals surface area contributed by atoms with Gasteiger partial charge < -0.3 is 4.74 Å². The Balaban J connectivity index is 2.57. The lowest BCUT2D eigenvalue weighted by molar-refractivity contribution is 0.156. The van der Waals surface area contributed by atoms with Crippen LogP contribution in [0, 0.1) is 7.05 Å². The van der Waals surface area contributed by atoms with Crippen molar-refractivity contribution in [1.29, 1.82) is 0 Å². The van der Waals surface area contributed by atoms with E-state index in [2.05, 4.69) is 7.05 Å². The van der Waals surface area contributed by atoms with Crippen molar-refractivity contribution in [2.24, 2.45) is 0 Å². The van der Waals surface area contributed by atoms with Crippen LogP contribution in [0.5, 0.6) is 0 Å². The van der Waals surface area contributed by atoms with Gasteiger partial charge in [-0.3, -0.25) is 4.90 Å². The topological polar surface area (TPSA) is 29.5 Å². The fourth-order valence-electron chi connectivity index (χ4n) is 0.981. The van der Waals surface area contributed by atoms with Crippen molar-refractivity contribution < 1.29 is 9.53 Å². The van der Waals surface area contributed by atoms with Crippen molar-refractivity contribution in [3.05, 3.63) is 37.4 Å². The molecule has 0 N–H and O–H groups in total. The summed E-state index contributed by atoms with van der Waals surface area (Å²) in [6.07, 6.45) is 0.395. The Kier molecular flexibility index (Phi) is 3.98. The molecule has 1 rings (SSSR count). The zero-order chi connectivity index (χ0) is 10.4. The first-order valence-electron chi connectivity index (χ1n) is 4.58. The van der Waals surface area contributed by atoms with Gasteiger partial charge in [0.1, 0.15) is 0 Å². The van der Waals surface area contributed by atoms with Crippen LogP contribution < -0.4 is 4.90 Å². The maximum atomic E-state index is 11.3. The predicted octanol–water partition coefficient (Wildman–Crippen LogP) is 2.83. The first-order valence-corrected chi connectivity index (χ1v) is 4.58. The van der Waals surface area contributed by atoms with Gasteiger partial charge in [0.05, 0.1) is 6.61 Å². The van der Waals surface area contributed by atoms with E-state index in [4.69, 9.17) is 4.74 Å². The highest BCUT2D eigenvalue weighted by molar-refractivity contribution is 5.87. The third-order valence-corrected chi connectivity index (χ3v) is 1.72. The summed E-state index contributed by atoms with van der Waals surface area (Å²) in [6.45, 7) is 2.38. The van der Waals surface area contributed by atoms with E-state index in [1.165, 1.54) is 4.90 Å². The van der Waals surface area contributed by atoms with Crippen molar-refractivity contribution in [2.45, 2.75) is 13.3 Å². The van der Waals surface area contributed by atoms with Crippen LogP contribution in [-0.4, -0.2) is 12.7 Å². The van der Waals surface area contributed by atoms with Gasteiger partial charge >= 0.3 is 6.09 Å². The van der Waals surface area contributed by atoms with Crippen LogP contribution in [-0.2, 0) is 4.74 Å². The number of ether oxygens (including phenoxy) is 1. The predicted molar refractivity (Wildman–Crippen MR) is 55.9 cm³/mol. The van der Waals surface area contributed by atoms with Crippen molar-refractivity contribution in [3.63, 3.8) is 0 Å². The SMILES string of the molecule is [CH2]N(C(=O)OCCC)c1ccccc1. The van der Waals surface area contributed by atoms with E-state index in [-0.39, 0.29) is 0 Å². The molecule has 1 amide bonds. The Labute approximate surface area is 84.3 Å². The van der Waals surface area contributed by atoms with Gasteiger partial charge in [-0.1, -0.05) is 25.1 Å². The Hall–Kier alpha value is -1.51. The number of hydrogen-bond donors (Lipinski definition) is 0. The first-order chi connectivity index (χ1) is 6.75. The van der Waals surface area contributed by atoms with E-state index in [1.807, 2.05) is 25.1 Å². The minimum absolute atomic E-state index is 0.418. The molecule has 1 radical (unpaired) electrons. The van der Waals surface area contributed by atoms with Gasteiger partial charge in [-0.25, -0.2) is 4.79 Å². The summed E-state index contributed by atoms with van der Waals surface area (Å²) in [4.78, 5) is 12.6. The fraction of sp³-hybridized carbons (Fsp3) is 0.273. The number of carbonyl (C=O) groups is 1. The highest BCUT2D eigenvalue weighted by atomic mass is 16.6. The number of para-hydroxylation sites is 1. The van der Waals surface area contributed by atoms with Gasteiger partial charge in [-0.15, -0.1) is 0 Å². The lowest BCUT2D eigenvalue weighted by Crippen LogP contribution is -2.25. The molecule has 1 aromatic rings. The number of carbonyl (C=O) groups excluding carboxylic acids is 1. The van der Waals surface area contributed by atoms with Crippen LogP contribution >= 0.6 is 0 Å². The standard InChI is InChI=1S/C11H14NO2/c1-3-9-14-11(13)12(2)10-7-5-4-6-8-10/h4-8H,2-3,9H2,1H3. The van der Waals surface area contributed by atoms with Gasteiger partial charge in [-0.2, -0.15) is 0 Å².